The van der Waals surface area contributed by atoms with Gasteiger partial charge in [-0.05, 0) is 23.6 Å². The van der Waals surface area contributed by atoms with E-state index in [0.29, 0.717) is 49.8 Å². The first kappa shape index (κ1) is 18.6. The minimum Gasteiger partial charge on any atom is -0.383 e. The minimum atomic E-state index is -0.134. The van der Waals surface area contributed by atoms with E-state index >= 15 is 0 Å². The number of nitrogens with zero attached hydrogens (tertiary/aromatic N) is 4. The molecule has 3 N–H and O–H groups in total. The standard InChI is InChI=1S/C19H24N6O2/c1-13(2)14-3-5-15(6-4-14)23-19(27)25-9-7-24(8-10-25)18-16(11-26)17(20)21-12-22-18/h3-6,11-13H,7-10H2,1-2H3,(H,23,27)(H2,20,21,22). The van der Waals surface area contributed by atoms with Crippen molar-refractivity contribution in [2.75, 3.05) is 42.1 Å². The van der Waals surface area contributed by atoms with Crippen molar-refractivity contribution in [3.05, 3.63) is 41.7 Å². The molecule has 1 aromatic carbocycles. The van der Waals surface area contributed by atoms with Crippen molar-refractivity contribution in [3.63, 3.8) is 0 Å². The molecule has 1 saturated heterocycles. The van der Waals surface area contributed by atoms with Gasteiger partial charge in [0.2, 0.25) is 0 Å². The molecule has 1 fully saturated rings. The van der Waals surface area contributed by atoms with E-state index in [1.165, 1.54) is 11.9 Å². The quantitative estimate of drug-likeness (QED) is 0.803. The number of anilines is 3. The second-order valence-corrected chi connectivity index (χ2v) is 6.80. The molecule has 27 heavy (non-hydrogen) atoms. The van der Waals surface area contributed by atoms with Crippen LogP contribution in [0.3, 0.4) is 0 Å². The Labute approximate surface area is 158 Å². The van der Waals surface area contributed by atoms with Gasteiger partial charge in [-0.1, -0.05) is 26.0 Å². The number of carbonyl (C=O) groups excluding carboxylic acids is 2. The first-order chi connectivity index (χ1) is 13.0. The Bertz CT molecular complexity index is 813. The number of benzene rings is 1. The zero-order chi connectivity index (χ0) is 19.4. The van der Waals surface area contributed by atoms with Gasteiger partial charge in [0.05, 0.1) is 5.56 Å². The number of rotatable bonds is 4. The highest BCUT2D eigenvalue weighted by atomic mass is 16.2. The van der Waals surface area contributed by atoms with E-state index in [4.69, 9.17) is 5.73 Å². The van der Waals surface area contributed by atoms with Crippen molar-refractivity contribution in [2.45, 2.75) is 19.8 Å². The third kappa shape index (κ3) is 4.16. The zero-order valence-corrected chi connectivity index (χ0v) is 15.6. The van der Waals surface area contributed by atoms with Crippen molar-refractivity contribution in [1.82, 2.24) is 14.9 Å². The van der Waals surface area contributed by atoms with Crippen LogP contribution in [0.15, 0.2) is 30.6 Å². The molecular formula is C19H24N6O2. The van der Waals surface area contributed by atoms with Gasteiger partial charge in [-0.15, -0.1) is 0 Å². The Morgan fingerprint density at radius 3 is 2.41 bits per heavy atom. The second kappa shape index (κ2) is 8.03. The maximum atomic E-state index is 12.5. The van der Waals surface area contributed by atoms with Crippen LogP contribution >= 0.6 is 0 Å². The van der Waals surface area contributed by atoms with E-state index in [1.807, 2.05) is 29.2 Å². The average molecular weight is 368 g/mol. The summed E-state index contributed by atoms with van der Waals surface area (Å²) in [7, 11) is 0. The SMILES string of the molecule is CC(C)c1ccc(NC(=O)N2CCN(c3ncnc(N)c3C=O)CC2)cc1. The largest absolute Gasteiger partial charge is 0.383 e. The molecule has 0 bridgehead atoms. The number of aromatic nitrogens is 2. The maximum Gasteiger partial charge on any atom is 0.321 e. The van der Waals surface area contributed by atoms with Crippen LogP contribution in [0.2, 0.25) is 0 Å². The van der Waals surface area contributed by atoms with Gasteiger partial charge in [-0.25, -0.2) is 14.8 Å². The summed E-state index contributed by atoms with van der Waals surface area (Å²) in [5.74, 6) is 1.14. The third-order valence-corrected chi connectivity index (χ3v) is 4.71. The Morgan fingerprint density at radius 1 is 1.15 bits per heavy atom. The first-order valence-electron chi connectivity index (χ1n) is 8.96. The maximum absolute atomic E-state index is 12.5. The number of aldehydes is 1. The van der Waals surface area contributed by atoms with Crippen LogP contribution in [0.4, 0.5) is 22.1 Å². The summed E-state index contributed by atoms with van der Waals surface area (Å²) < 4.78 is 0. The summed E-state index contributed by atoms with van der Waals surface area (Å²) in [6, 6.07) is 7.76. The molecular weight excluding hydrogens is 344 g/mol. The van der Waals surface area contributed by atoms with Crippen molar-refractivity contribution in [1.29, 1.82) is 0 Å². The summed E-state index contributed by atoms with van der Waals surface area (Å²) in [5.41, 5.74) is 8.05. The smallest absolute Gasteiger partial charge is 0.321 e. The fourth-order valence-corrected chi connectivity index (χ4v) is 3.04. The van der Waals surface area contributed by atoms with Gasteiger partial charge in [-0.2, -0.15) is 0 Å². The molecule has 0 saturated carbocycles. The van der Waals surface area contributed by atoms with E-state index in [0.717, 1.165) is 5.69 Å². The van der Waals surface area contributed by atoms with Gasteiger partial charge in [0.1, 0.15) is 18.0 Å². The summed E-state index contributed by atoms with van der Waals surface area (Å²) >= 11 is 0. The normalized spacial score (nSPS) is 14.3. The molecule has 8 heteroatoms. The Hall–Kier alpha value is -3.16. The number of nitrogen functional groups attached to an aromatic ring is 1. The van der Waals surface area contributed by atoms with E-state index in [9.17, 15) is 9.59 Å². The molecule has 1 aliphatic rings. The van der Waals surface area contributed by atoms with E-state index in [1.54, 1.807) is 4.90 Å². The van der Waals surface area contributed by atoms with Crippen LogP contribution in [0.1, 0.15) is 35.7 Å². The van der Waals surface area contributed by atoms with Gasteiger partial charge in [-0.3, -0.25) is 4.79 Å². The van der Waals surface area contributed by atoms with Crippen molar-refractivity contribution < 1.29 is 9.59 Å². The molecule has 3 rings (SSSR count). The molecule has 1 aliphatic heterocycles. The molecule has 2 amide bonds. The third-order valence-electron chi connectivity index (χ3n) is 4.71. The fourth-order valence-electron chi connectivity index (χ4n) is 3.04. The lowest BCUT2D eigenvalue weighted by molar-refractivity contribution is 0.112. The number of piperazine rings is 1. The lowest BCUT2D eigenvalue weighted by Gasteiger charge is -2.35. The predicted octanol–water partition coefficient (Wildman–Crippen LogP) is 2.35. The number of nitrogens with two attached hydrogens (primary N) is 1. The number of hydrogen-bond donors (Lipinski definition) is 2. The van der Waals surface area contributed by atoms with Crippen LogP contribution in [0.25, 0.3) is 0 Å². The van der Waals surface area contributed by atoms with Gasteiger partial charge < -0.3 is 20.9 Å². The monoisotopic (exact) mass is 368 g/mol. The molecule has 142 valence electrons. The Morgan fingerprint density at radius 2 is 1.81 bits per heavy atom. The van der Waals surface area contributed by atoms with Gasteiger partial charge in [0.15, 0.2) is 6.29 Å². The number of hydrogen-bond acceptors (Lipinski definition) is 6. The van der Waals surface area contributed by atoms with E-state index in [2.05, 4.69) is 29.1 Å². The second-order valence-electron chi connectivity index (χ2n) is 6.80. The average Bonchev–Trinajstić information content (AvgIpc) is 2.68. The van der Waals surface area contributed by atoms with Crippen LogP contribution in [-0.4, -0.2) is 53.4 Å². The van der Waals surface area contributed by atoms with E-state index < -0.39 is 0 Å². The molecule has 2 aromatic rings. The number of amides is 2. The molecule has 0 aliphatic carbocycles. The van der Waals surface area contributed by atoms with Crippen LogP contribution in [0, 0.1) is 0 Å². The summed E-state index contributed by atoms with van der Waals surface area (Å²) in [6.07, 6.45) is 2.02. The molecule has 0 unspecified atom stereocenters. The highest BCUT2D eigenvalue weighted by Gasteiger charge is 2.24. The number of urea groups is 1. The lowest BCUT2D eigenvalue weighted by Crippen LogP contribution is -2.50. The molecule has 0 radical (unpaired) electrons. The Kier molecular flexibility index (Phi) is 5.54. The first-order valence-corrected chi connectivity index (χ1v) is 8.96. The summed E-state index contributed by atoms with van der Waals surface area (Å²) in [6.45, 7) is 6.45. The van der Waals surface area contributed by atoms with Gasteiger partial charge in [0.25, 0.3) is 0 Å². The van der Waals surface area contributed by atoms with Gasteiger partial charge in [0, 0.05) is 31.9 Å². The Balaban J connectivity index is 1.59. The predicted molar refractivity (Wildman–Crippen MR) is 105 cm³/mol. The zero-order valence-electron chi connectivity index (χ0n) is 15.6. The molecule has 0 spiro atoms. The lowest BCUT2D eigenvalue weighted by atomic mass is 10.0. The van der Waals surface area contributed by atoms with Gasteiger partial charge >= 0.3 is 6.03 Å². The van der Waals surface area contributed by atoms with Crippen LogP contribution in [-0.2, 0) is 0 Å². The summed E-state index contributed by atoms with van der Waals surface area (Å²) in [4.78, 5) is 35.5. The van der Waals surface area contributed by atoms with Crippen LogP contribution < -0.4 is 16.0 Å². The summed E-state index contributed by atoms with van der Waals surface area (Å²) in [5, 5.41) is 2.93. The highest BCUT2D eigenvalue weighted by molar-refractivity contribution is 5.90. The molecule has 0 atom stereocenters. The fraction of sp³-hybridized carbons (Fsp3) is 0.368. The van der Waals surface area contributed by atoms with Crippen molar-refractivity contribution in [2.24, 2.45) is 0 Å². The molecule has 2 heterocycles. The highest BCUT2D eigenvalue weighted by Crippen LogP contribution is 2.21. The van der Waals surface area contributed by atoms with Crippen molar-refractivity contribution >= 4 is 29.6 Å². The number of nitrogens with one attached hydrogen (secondary N) is 1. The molecule has 8 nitrogen and oxygen atoms in total. The van der Waals surface area contributed by atoms with Crippen molar-refractivity contribution in [3.8, 4) is 0 Å². The molecule has 1 aromatic heterocycles. The van der Waals surface area contributed by atoms with E-state index in [-0.39, 0.29) is 11.8 Å². The topological polar surface area (TPSA) is 104 Å². The van der Waals surface area contributed by atoms with Crippen LogP contribution in [0.5, 0.6) is 0 Å². The number of carbonyl (C=O) groups is 2. The minimum absolute atomic E-state index is 0.134.